The predicted molar refractivity (Wildman–Crippen MR) is 86.3 cm³/mol. The molecule has 0 saturated carbocycles. The highest BCUT2D eigenvalue weighted by Gasteiger charge is 2.15. The smallest absolute Gasteiger partial charge is 0.223 e. The Hall–Kier alpha value is -1.60. The van der Waals surface area contributed by atoms with Crippen LogP contribution in [0.15, 0.2) is 30.3 Å². The molecule has 0 radical (unpaired) electrons. The van der Waals surface area contributed by atoms with Crippen molar-refractivity contribution >= 4 is 15.9 Å². The maximum Gasteiger partial charge on any atom is 0.223 e. The molecule has 0 aliphatic carbocycles. The molecule has 22 heavy (non-hydrogen) atoms. The fourth-order valence-corrected chi connectivity index (χ4v) is 2.82. The third-order valence-corrected chi connectivity index (χ3v) is 4.27. The van der Waals surface area contributed by atoms with Gasteiger partial charge < -0.3 is 10.1 Å². The van der Waals surface area contributed by atoms with Crippen molar-refractivity contribution in [2.75, 3.05) is 32.5 Å². The molecule has 6 nitrogen and oxygen atoms in total. The van der Waals surface area contributed by atoms with Gasteiger partial charge >= 0.3 is 0 Å². The minimum absolute atomic E-state index is 0.152. The zero-order valence-corrected chi connectivity index (χ0v) is 13.9. The molecule has 0 aliphatic heterocycles. The van der Waals surface area contributed by atoms with Crippen LogP contribution in [0.1, 0.15) is 19.8 Å². The molecule has 1 rings (SSSR count). The van der Waals surface area contributed by atoms with Gasteiger partial charge in [0.05, 0.1) is 19.3 Å². The number of amides is 1. The van der Waals surface area contributed by atoms with Crippen molar-refractivity contribution in [1.82, 2.24) is 9.62 Å². The average Bonchev–Trinajstić information content (AvgIpc) is 2.46. The number of ether oxygens (including phenoxy) is 1. The SMILES string of the molecule is CCCN(CCNC(=O)CCOc1ccccc1)S(C)(=O)=O. The number of benzene rings is 1. The molecule has 7 heteroatoms. The number of carbonyl (C=O) groups is 1. The number of carbonyl (C=O) groups excluding carboxylic acids is 1. The van der Waals surface area contributed by atoms with Crippen molar-refractivity contribution in [3.05, 3.63) is 30.3 Å². The van der Waals surface area contributed by atoms with E-state index < -0.39 is 10.0 Å². The summed E-state index contributed by atoms with van der Waals surface area (Å²) in [6.07, 6.45) is 2.16. The van der Waals surface area contributed by atoms with Gasteiger partial charge in [-0.15, -0.1) is 0 Å². The molecule has 0 spiro atoms. The number of hydrogen-bond donors (Lipinski definition) is 1. The van der Waals surface area contributed by atoms with E-state index in [1.165, 1.54) is 10.6 Å². The van der Waals surface area contributed by atoms with Gasteiger partial charge in [0.2, 0.25) is 15.9 Å². The number of hydrogen-bond acceptors (Lipinski definition) is 4. The fourth-order valence-electron chi connectivity index (χ4n) is 1.88. The monoisotopic (exact) mass is 328 g/mol. The number of rotatable bonds is 10. The van der Waals surface area contributed by atoms with Crippen LogP contribution in [0.5, 0.6) is 5.75 Å². The van der Waals surface area contributed by atoms with E-state index >= 15 is 0 Å². The van der Waals surface area contributed by atoms with Crippen LogP contribution in [0.4, 0.5) is 0 Å². The molecule has 1 N–H and O–H groups in total. The van der Waals surface area contributed by atoms with E-state index in [-0.39, 0.29) is 18.9 Å². The Balaban J connectivity index is 2.22. The second-order valence-electron chi connectivity index (χ2n) is 4.92. The molecule has 1 aromatic carbocycles. The zero-order chi connectivity index (χ0) is 16.4. The molecule has 0 bridgehead atoms. The van der Waals surface area contributed by atoms with Gasteiger partial charge in [-0.05, 0) is 18.6 Å². The maximum atomic E-state index is 11.7. The third-order valence-electron chi connectivity index (χ3n) is 2.97. The van der Waals surface area contributed by atoms with Crippen LogP contribution in [0.2, 0.25) is 0 Å². The summed E-state index contributed by atoms with van der Waals surface area (Å²) in [5.74, 6) is 0.572. The van der Waals surface area contributed by atoms with Gasteiger partial charge in [0.15, 0.2) is 0 Å². The lowest BCUT2D eigenvalue weighted by Crippen LogP contribution is -2.38. The van der Waals surface area contributed by atoms with Gasteiger partial charge in [0, 0.05) is 19.6 Å². The van der Waals surface area contributed by atoms with Gasteiger partial charge in [0.25, 0.3) is 0 Å². The van der Waals surface area contributed by atoms with Crippen LogP contribution in [-0.2, 0) is 14.8 Å². The zero-order valence-electron chi connectivity index (χ0n) is 13.1. The van der Waals surface area contributed by atoms with E-state index in [2.05, 4.69) is 5.32 Å². The first-order chi connectivity index (χ1) is 10.4. The summed E-state index contributed by atoms with van der Waals surface area (Å²) in [5, 5.41) is 2.70. The maximum absolute atomic E-state index is 11.7. The van der Waals surface area contributed by atoms with Crippen LogP contribution in [0, 0.1) is 0 Å². The molecule has 0 aliphatic rings. The summed E-state index contributed by atoms with van der Waals surface area (Å²) >= 11 is 0. The Bertz CT molecular complexity index is 546. The predicted octanol–water partition coefficient (Wildman–Crippen LogP) is 1.24. The first-order valence-electron chi connectivity index (χ1n) is 7.33. The Morgan fingerprint density at radius 3 is 2.50 bits per heavy atom. The quantitative estimate of drug-likeness (QED) is 0.701. The molecule has 0 fully saturated rings. The summed E-state index contributed by atoms with van der Waals surface area (Å²) in [5.41, 5.74) is 0. The molecule has 1 aromatic rings. The van der Waals surface area contributed by atoms with Crippen LogP contribution < -0.4 is 10.1 Å². The van der Waals surface area contributed by atoms with E-state index in [0.29, 0.717) is 19.7 Å². The molecule has 124 valence electrons. The Morgan fingerprint density at radius 1 is 1.23 bits per heavy atom. The molecular weight excluding hydrogens is 304 g/mol. The third kappa shape index (κ3) is 7.42. The average molecular weight is 328 g/mol. The van der Waals surface area contributed by atoms with Crippen LogP contribution in [0.25, 0.3) is 0 Å². The first kappa shape index (κ1) is 18.4. The highest BCUT2D eigenvalue weighted by molar-refractivity contribution is 7.88. The fraction of sp³-hybridized carbons (Fsp3) is 0.533. The van der Waals surface area contributed by atoms with E-state index in [1.54, 1.807) is 0 Å². The lowest BCUT2D eigenvalue weighted by molar-refractivity contribution is -0.121. The van der Waals surface area contributed by atoms with Crippen molar-refractivity contribution in [3.8, 4) is 5.75 Å². The molecular formula is C15H24N2O4S. The molecule has 0 aromatic heterocycles. The molecule has 0 saturated heterocycles. The first-order valence-corrected chi connectivity index (χ1v) is 9.18. The number of para-hydroxylation sites is 1. The second kappa shape index (κ2) is 9.42. The van der Waals surface area contributed by atoms with E-state index in [9.17, 15) is 13.2 Å². The lowest BCUT2D eigenvalue weighted by Gasteiger charge is -2.19. The van der Waals surface area contributed by atoms with Crippen molar-refractivity contribution in [2.24, 2.45) is 0 Å². The standard InChI is InChI=1S/C15H24N2O4S/c1-3-11-17(22(2,19)20)12-10-16-15(18)9-13-21-14-7-5-4-6-8-14/h4-8H,3,9-13H2,1-2H3,(H,16,18). The van der Waals surface area contributed by atoms with Gasteiger partial charge in [-0.1, -0.05) is 25.1 Å². The van der Waals surface area contributed by atoms with Gasteiger partial charge in [-0.3, -0.25) is 4.79 Å². The normalized spacial score (nSPS) is 11.4. The van der Waals surface area contributed by atoms with Gasteiger partial charge in [0.1, 0.15) is 5.75 Å². The van der Waals surface area contributed by atoms with Crippen LogP contribution >= 0.6 is 0 Å². The van der Waals surface area contributed by atoms with Crippen molar-refractivity contribution in [2.45, 2.75) is 19.8 Å². The van der Waals surface area contributed by atoms with E-state index in [1.807, 2.05) is 37.3 Å². The van der Waals surface area contributed by atoms with Gasteiger partial charge in [-0.25, -0.2) is 12.7 Å². The summed E-state index contributed by atoms with van der Waals surface area (Å²) in [6.45, 7) is 3.26. The molecule has 0 unspecified atom stereocenters. The van der Waals surface area contributed by atoms with Crippen molar-refractivity contribution < 1.29 is 17.9 Å². The Labute approximate surface area is 132 Å². The van der Waals surface area contributed by atoms with Crippen LogP contribution in [-0.4, -0.2) is 51.1 Å². The topological polar surface area (TPSA) is 75.7 Å². The van der Waals surface area contributed by atoms with Crippen molar-refractivity contribution in [1.29, 1.82) is 0 Å². The van der Waals surface area contributed by atoms with Gasteiger partial charge in [-0.2, -0.15) is 0 Å². The number of nitrogens with zero attached hydrogens (tertiary/aromatic N) is 1. The Kier molecular flexibility index (Phi) is 7.90. The lowest BCUT2D eigenvalue weighted by atomic mass is 10.3. The summed E-state index contributed by atoms with van der Waals surface area (Å²) in [6, 6.07) is 9.27. The summed E-state index contributed by atoms with van der Waals surface area (Å²) < 4.78 is 29.8. The van der Waals surface area contributed by atoms with Crippen LogP contribution in [0.3, 0.4) is 0 Å². The van der Waals surface area contributed by atoms with E-state index in [0.717, 1.165) is 12.2 Å². The van der Waals surface area contributed by atoms with E-state index in [4.69, 9.17) is 4.74 Å². The summed E-state index contributed by atoms with van der Waals surface area (Å²) in [7, 11) is -3.22. The highest BCUT2D eigenvalue weighted by Crippen LogP contribution is 2.08. The van der Waals surface area contributed by atoms with Crippen molar-refractivity contribution in [3.63, 3.8) is 0 Å². The minimum Gasteiger partial charge on any atom is -0.493 e. The number of nitrogens with one attached hydrogen (secondary N) is 1. The minimum atomic E-state index is -3.22. The second-order valence-corrected chi connectivity index (χ2v) is 6.91. The molecule has 1 amide bonds. The number of sulfonamides is 1. The highest BCUT2D eigenvalue weighted by atomic mass is 32.2. The molecule has 0 heterocycles. The molecule has 0 atom stereocenters. The Morgan fingerprint density at radius 2 is 1.91 bits per heavy atom. The summed E-state index contributed by atoms with van der Waals surface area (Å²) in [4.78, 5) is 11.7. The largest absolute Gasteiger partial charge is 0.493 e.